The van der Waals surface area contributed by atoms with Gasteiger partial charge in [-0.05, 0) is 40.8 Å². The Kier molecular flexibility index (Phi) is 4.30. The van der Waals surface area contributed by atoms with Crippen LogP contribution >= 0.6 is 0 Å². The molecule has 4 heterocycles. The molecule has 0 N–H and O–H groups in total. The Balaban J connectivity index is 1.40. The van der Waals surface area contributed by atoms with Crippen LogP contribution in [0.5, 0.6) is 0 Å². The predicted molar refractivity (Wildman–Crippen MR) is 164 cm³/mol. The average molecular weight is 512 g/mol. The third-order valence-electron chi connectivity index (χ3n) is 8.05. The van der Waals surface area contributed by atoms with Crippen LogP contribution in [0.2, 0.25) is 0 Å². The molecule has 0 aliphatic heterocycles. The van der Waals surface area contributed by atoms with Crippen LogP contribution < -0.4 is 0 Å². The number of benzene rings is 5. The first-order chi connectivity index (χ1) is 19.8. The zero-order valence-corrected chi connectivity index (χ0v) is 21.4. The molecule has 0 aliphatic carbocycles. The van der Waals surface area contributed by atoms with Crippen LogP contribution in [0.25, 0.3) is 82.4 Å². The van der Waals surface area contributed by atoms with E-state index in [1.54, 1.807) is 0 Å². The molecule has 0 fully saturated rings. The van der Waals surface area contributed by atoms with Gasteiger partial charge >= 0.3 is 0 Å². The molecule has 0 saturated carbocycles. The highest BCUT2D eigenvalue weighted by Crippen LogP contribution is 2.40. The predicted octanol–water partition coefficient (Wildman–Crippen LogP) is 9.45. The number of hydrogen-bond acceptors (Lipinski definition) is 3. The van der Waals surface area contributed by atoms with Gasteiger partial charge in [-0.3, -0.25) is 4.98 Å². The van der Waals surface area contributed by atoms with Crippen molar-refractivity contribution in [2.75, 3.05) is 0 Å². The summed E-state index contributed by atoms with van der Waals surface area (Å²) in [5.41, 5.74) is 8.83. The molecule has 186 valence electrons. The lowest BCUT2D eigenvalue weighted by molar-refractivity contribution is 0.675. The van der Waals surface area contributed by atoms with E-state index in [4.69, 9.17) is 14.4 Å². The Morgan fingerprint density at radius 3 is 2.17 bits per heavy atom. The van der Waals surface area contributed by atoms with Crippen molar-refractivity contribution in [1.29, 1.82) is 0 Å². The maximum Gasteiger partial charge on any atom is 0.164 e. The summed E-state index contributed by atoms with van der Waals surface area (Å²) in [6.45, 7) is 0. The zero-order chi connectivity index (χ0) is 26.2. The summed E-state index contributed by atoms with van der Waals surface area (Å²) >= 11 is 0. The van der Waals surface area contributed by atoms with Crippen LogP contribution in [0.1, 0.15) is 0 Å². The van der Waals surface area contributed by atoms with E-state index >= 15 is 0 Å². The number of fused-ring (bicyclic) bond motifs is 11. The monoisotopic (exact) mass is 511 g/mol. The van der Waals surface area contributed by atoms with Gasteiger partial charge in [0.2, 0.25) is 0 Å². The SMILES string of the molecule is c1ccc(-c2cccc(-n3c4ccccc4c4cnc5c(ncc6c7ccc8ccccc8c7oc65)c43)c2)cc1. The fourth-order valence-corrected chi connectivity index (χ4v) is 6.22. The lowest BCUT2D eigenvalue weighted by atomic mass is 10.1. The number of rotatable bonds is 2. The topological polar surface area (TPSA) is 43.9 Å². The Hall–Kier alpha value is -5.48. The molecule has 0 saturated heterocycles. The largest absolute Gasteiger partial charge is 0.453 e. The van der Waals surface area contributed by atoms with Crippen molar-refractivity contribution in [3.63, 3.8) is 0 Å². The smallest absolute Gasteiger partial charge is 0.164 e. The summed E-state index contributed by atoms with van der Waals surface area (Å²) in [6.07, 6.45) is 3.92. The summed E-state index contributed by atoms with van der Waals surface area (Å²) in [4.78, 5) is 10.0. The summed E-state index contributed by atoms with van der Waals surface area (Å²) in [7, 11) is 0. The first-order valence-electron chi connectivity index (χ1n) is 13.4. The molecule has 40 heavy (non-hydrogen) atoms. The lowest BCUT2D eigenvalue weighted by Gasteiger charge is -2.11. The van der Waals surface area contributed by atoms with Gasteiger partial charge in [-0.2, -0.15) is 0 Å². The first kappa shape index (κ1) is 21.5. The maximum atomic E-state index is 6.61. The molecule has 4 heteroatoms. The van der Waals surface area contributed by atoms with Crippen LogP contribution in [0.4, 0.5) is 0 Å². The van der Waals surface area contributed by atoms with Gasteiger partial charge in [0, 0.05) is 45.0 Å². The molecule has 9 rings (SSSR count). The number of nitrogens with zero attached hydrogens (tertiary/aromatic N) is 3. The number of aromatic nitrogens is 3. The second-order valence-electron chi connectivity index (χ2n) is 10.3. The first-order valence-corrected chi connectivity index (χ1v) is 13.4. The van der Waals surface area contributed by atoms with Crippen molar-refractivity contribution >= 4 is 65.6 Å². The number of para-hydroxylation sites is 1. The van der Waals surface area contributed by atoms with Crippen LogP contribution in [-0.4, -0.2) is 14.5 Å². The molecule has 0 atom stereocenters. The second kappa shape index (κ2) is 8.01. The van der Waals surface area contributed by atoms with Gasteiger partial charge in [0.1, 0.15) is 16.6 Å². The quantitative estimate of drug-likeness (QED) is 0.232. The van der Waals surface area contributed by atoms with Crippen LogP contribution in [0.3, 0.4) is 0 Å². The molecular weight excluding hydrogens is 490 g/mol. The molecule has 0 amide bonds. The fraction of sp³-hybridized carbons (Fsp3) is 0. The number of pyridine rings is 2. The Labute approximate surface area is 228 Å². The van der Waals surface area contributed by atoms with E-state index in [2.05, 4.69) is 114 Å². The minimum absolute atomic E-state index is 0.771. The average Bonchev–Trinajstić information content (AvgIpc) is 3.58. The maximum absolute atomic E-state index is 6.61. The summed E-state index contributed by atoms with van der Waals surface area (Å²) < 4.78 is 8.93. The zero-order valence-electron chi connectivity index (χ0n) is 21.4. The molecule has 9 aromatic rings. The van der Waals surface area contributed by atoms with E-state index in [0.717, 1.165) is 71.2 Å². The molecule has 4 nitrogen and oxygen atoms in total. The second-order valence-corrected chi connectivity index (χ2v) is 10.3. The van der Waals surface area contributed by atoms with Crippen molar-refractivity contribution in [3.8, 4) is 16.8 Å². The minimum Gasteiger partial charge on any atom is -0.453 e. The van der Waals surface area contributed by atoms with Gasteiger partial charge in [-0.15, -0.1) is 0 Å². The Morgan fingerprint density at radius 1 is 0.500 bits per heavy atom. The van der Waals surface area contributed by atoms with Gasteiger partial charge < -0.3 is 8.98 Å². The molecule has 0 radical (unpaired) electrons. The molecule has 4 aromatic heterocycles. The normalized spacial score (nSPS) is 12.0. The third-order valence-corrected chi connectivity index (χ3v) is 8.05. The Morgan fingerprint density at radius 2 is 1.25 bits per heavy atom. The van der Waals surface area contributed by atoms with Crippen molar-refractivity contribution in [3.05, 3.63) is 128 Å². The minimum atomic E-state index is 0.771. The van der Waals surface area contributed by atoms with Gasteiger partial charge in [0.25, 0.3) is 0 Å². The van der Waals surface area contributed by atoms with Crippen molar-refractivity contribution in [2.24, 2.45) is 0 Å². The van der Waals surface area contributed by atoms with E-state index < -0.39 is 0 Å². The summed E-state index contributed by atoms with van der Waals surface area (Å²) in [5.74, 6) is 0. The summed E-state index contributed by atoms with van der Waals surface area (Å²) in [5, 5.41) is 6.50. The van der Waals surface area contributed by atoms with Gasteiger partial charge in [0.05, 0.1) is 11.0 Å². The van der Waals surface area contributed by atoms with E-state index in [-0.39, 0.29) is 0 Å². The van der Waals surface area contributed by atoms with Crippen LogP contribution in [0.15, 0.2) is 132 Å². The van der Waals surface area contributed by atoms with E-state index in [0.29, 0.717) is 0 Å². The van der Waals surface area contributed by atoms with Gasteiger partial charge in [-0.1, -0.05) is 91.0 Å². The third kappa shape index (κ3) is 2.90. The summed E-state index contributed by atoms with van der Waals surface area (Å²) in [6, 6.07) is 40.3. The molecule has 5 aromatic carbocycles. The van der Waals surface area contributed by atoms with Crippen molar-refractivity contribution < 1.29 is 4.42 Å². The van der Waals surface area contributed by atoms with Crippen LogP contribution in [-0.2, 0) is 0 Å². The number of furan rings is 1. The van der Waals surface area contributed by atoms with Crippen LogP contribution in [0, 0.1) is 0 Å². The standard InChI is InChI=1S/C36H21N3O/c1-2-9-22(10-3-1)24-12-8-13-25(19-24)39-31-16-7-6-15-27(31)29-20-38-33-32(34(29)39)37-21-30-28-18-17-23-11-4-5-14-26(23)35(28)40-36(30)33/h1-21H. The molecular formula is C36H21N3O. The van der Waals surface area contributed by atoms with Gasteiger partial charge in [0.15, 0.2) is 5.58 Å². The highest BCUT2D eigenvalue weighted by Gasteiger charge is 2.20. The van der Waals surface area contributed by atoms with E-state index in [1.165, 1.54) is 11.1 Å². The van der Waals surface area contributed by atoms with E-state index in [9.17, 15) is 0 Å². The van der Waals surface area contributed by atoms with Crippen molar-refractivity contribution in [2.45, 2.75) is 0 Å². The van der Waals surface area contributed by atoms with Gasteiger partial charge in [-0.25, -0.2) is 4.98 Å². The molecule has 0 bridgehead atoms. The highest BCUT2D eigenvalue weighted by atomic mass is 16.3. The molecule has 0 unspecified atom stereocenters. The van der Waals surface area contributed by atoms with Crippen molar-refractivity contribution in [1.82, 2.24) is 14.5 Å². The fourth-order valence-electron chi connectivity index (χ4n) is 6.22. The number of hydrogen-bond donors (Lipinski definition) is 0. The van der Waals surface area contributed by atoms with E-state index in [1.807, 2.05) is 18.5 Å². The Bertz CT molecular complexity index is 2430. The molecule has 0 aliphatic rings. The lowest BCUT2D eigenvalue weighted by Crippen LogP contribution is -1.96. The molecule has 0 spiro atoms. The highest BCUT2D eigenvalue weighted by molar-refractivity contribution is 6.23.